The van der Waals surface area contributed by atoms with Gasteiger partial charge < -0.3 is 14.5 Å². The van der Waals surface area contributed by atoms with E-state index in [0.29, 0.717) is 17.9 Å². The molecule has 3 rings (SSSR count). The molecule has 2 N–H and O–H groups in total. The third-order valence-electron chi connectivity index (χ3n) is 3.22. The van der Waals surface area contributed by atoms with Crippen molar-refractivity contribution in [2.45, 2.75) is 6.61 Å². The Bertz CT molecular complexity index is 985. The van der Waals surface area contributed by atoms with Crippen LogP contribution in [0.4, 0.5) is 5.69 Å². The number of tetrazole rings is 1. The quantitative estimate of drug-likeness (QED) is 0.532. The molecule has 0 amide bonds. The van der Waals surface area contributed by atoms with Crippen molar-refractivity contribution in [3.8, 4) is 6.07 Å². The Kier molecular flexibility index (Phi) is 4.31. The van der Waals surface area contributed by atoms with Gasteiger partial charge in [0, 0.05) is 36.5 Å². The van der Waals surface area contributed by atoms with Gasteiger partial charge in [-0.1, -0.05) is 0 Å². The summed E-state index contributed by atoms with van der Waals surface area (Å²) in [6, 6.07) is 8.64. The second-order valence-corrected chi connectivity index (χ2v) is 4.78. The van der Waals surface area contributed by atoms with E-state index in [1.165, 1.54) is 12.3 Å². The highest BCUT2D eigenvalue weighted by Gasteiger charge is 2.08. The lowest BCUT2D eigenvalue weighted by molar-refractivity contribution is 0.185. The fourth-order valence-corrected chi connectivity index (χ4v) is 2.17. The molecule has 0 saturated carbocycles. The van der Waals surface area contributed by atoms with Crippen LogP contribution in [0.2, 0.25) is 0 Å². The first kappa shape index (κ1) is 15.4. The topological polar surface area (TPSA) is 130 Å². The molecule has 0 aliphatic rings. The van der Waals surface area contributed by atoms with Crippen LogP contribution in [0, 0.1) is 11.3 Å². The van der Waals surface area contributed by atoms with E-state index in [1.54, 1.807) is 19.2 Å². The molecule has 9 nitrogen and oxygen atoms in total. The molecule has 24 heavy (non-hydrogen) atoms. The lowest BCUT2D eigenvalue weighted by Gasteiger charge is -2.06. The molecule has 3 aromatic rings. The van der Waals surface area contributed by atoms with Crippen molar-refractivity contribution in [3.05, 3.63) is 52.3 Å². The molecule has 0 fully saturated rings. The van der Waals surface area contributed by atoms with E-state index in [0.717, 1.165) is 10.9 Å². The highest BCUT2D eigenvalue weighted by molar-refractivity contribution is 5.84. The minimum atomic E-state index is -0.452. The second-order valence-electron chi connectivity index (χ2n) is 4.78. The number of aromatic amines is 1. The van der Waals surface area contributed by atoms with E-state index in [2.05, 4.69) is 25.9 Å². The first-order valence-corrected chi connectivity index (χ1v) is 6.87. The summed E-state index contributed by atoms with van der Waals surface area (Å²) < 4.78 is 10.3. The first-order valence-electron chi connectivity index (χ1n) is 6.87. The largest absolute Gasteiger partial charge is 0.423 e. The number of H-pyrrole nitrogens is 1. The fourth-order valence-electron chi connectivity index (χ4n) is 2.17. The molecular weight excluding hydrogens is 312 g/mol. The summed E-state index contributed by atoms with van der Waals surface area (Å²) in [5, 5.41) is 26.0. The van der Waals surface area contributed by atoms with Crippen LogP contribution in [0.15, 0.2) is 39.7 Å². The Hall–Kier alpha value is -3.51. The van der Waals surface area contributed by atoms with Gasteiger partial charge in [-0.05, 0) is 22.9 Å². The number of hydrogen-bond donors (Lipinski definition) is 2. The molecule has 9 heteroatoms. The van der Waals surface area contributed by atoms with Gasteiger partial charge in [0.1, 0.15) is 17.2 Å². The number of ether oxygens (including phenoxy) is 1. The van der Waals surface area contributed by atoms with Gasteiger partial charge >= 0.3 is 5.63 Å². The van der Waals surface area contributed by atoms with Gasteiger partial charge in [0.2, 0.25) is 5.82 Å². The molecule has 0 aliphatic carbocycles. The molecule has 1 aromatic carbocycles. The standard InChI is InChI=1S/C15H12N6O3/c1-23-8-9-4-14(22)24-13-5-11(2-3-12(9)13)17-7-10(6-16)15-18-20-21-19-15/h2-5,7,17H,8H2,1H3,(H,18,19,20,21). The van der Waals surface area contributed by atoms with E-state index in [-0.39, 0.29) is 11.4 Å². The van der Waals surface area contributed by atoms with Crippen molar-refractivity contribution >= 4 is 22.2 Å². The average Bonchev–Trinajstić information content (AvgIpc) is 3.09. The Balaban J connectivity index is 1.94. The zero-order chi connectivity index (χ0) is 16.9. The third kappa shape index (κ3) is 3.13. The SMILES string of the molecule is COCc1cc(=O)oc2cc(NC=C(C#N)c3nn[nH]n3)ccc12. The van der Waals surface area contributed by atoms with Gasteiger partial charge in [0.05, 0.1) is 6.61 Å². The van der Waals surface area contributed by atoms with E-state index in [4.69, 9.17) is 14.4 Å². The van der Waals surface area contributed by atoms with Gasteiger partial charge in [-0.25, -0.2) is 4.79 Å². The summed E-state index contributed by atoms with van der Waals surface area (Å²) in [4.78, 5) is 11.6. The van der Waals surface area contributed by atoms with Crippen LogP contribution >= 0.6 is 0 Å². The predicted molar refractivity (Wildman–Crippen MR) is 84.6 cm³/mol. The van der Waals surface area contributed by atoms with Gasteiger partial charge in [0.25, 0.3) is 0 Å². The van der Waals surface area contributed by atoms with Crippen molar-refractivity contribution < 1.29 is 9.15 Å². The second kappa shape index (κ2) is 6.72. The number of methoxy groups -OCH3 is 1. The van der Waals surface area contributed by atoms with E-state index < -0.39 is 5.63 Å². The van der Waals surface area contributed by atoms with E-state index in [9.17, 15) is 4.79 Å². The lowest BCUT2D eigenvalue weighted by atomic mass is 10.1. The molecule has 120 valence electrons. The summed E-state index contributed by atoms with van der Waals surface area (Å²) in [7, 11) is 1.56. The number of nitrogens with one attached hydrogen (secondary N) is 2. The van der Waals surface area contributed by atoms with Gasteiger partial charge in [-0.2, -0.15) is 10.5 Å². The Morgan fingerprint density at radius 1 is 1.50 bits per heavy atom. The maximum absolute atomic E-state index is 11.6. The number of benzene rings is 1. The number of fused-ring (bicyclic) bond motifs is 1. The molecule has 0 aliphatic heterocycles. The molecule has 2 aromatic heterocycles. The number of allylic oxidation sites excluding steroid dienone is 1. The van der Waals surface area contributed by atoms with Crippen LogP contribution < -0.4 is 10.9 Å². The zero-order valence-corrected chi connectivity index (χ0v) is 12.6. The highest BCUT2D eigenvalue weighted by Crippen LogP contribution is 2.22. The zero-order valence-electron chi connectivity index (χ0n) is 12.6. The Labute approximate surface area is 135 Å². The summed E-state index contributed by atoms with van der Waals surface area (Å²) in [6.07, 6.45) is 1.45. The monoisotopic (exact) mass is 324 g/mol. The molecule has 2 heterocycles. The average molecular weight is 324 g/mol. The van der Waals surface area contributed by atoms with Gasteiger partial charge in [0.15, 0.2) is 0 Å². The Morgan fingerprint density at radius 3 is 3.08 bits per heavy atom. The molecule has 0 radical (unpaired) electrons. The maximum Gasteiger partial charge on any atom is 0.336 e. The minimum Gasteiger partial charge on any atom is -0.423 e. The minimum absolute atomic E-state index is 0.180. The summed E-state index contributed by atoms with van der Waals surface area (Å²) >= 11 is 0. The first-order chi connectivity index (χ1) is 11.7. The predicted octanol–water partition coefficient (Wildman–Crippen LogP) is 1.43. The number of rotatable bonds is 5. The number of hydrogen-bond acceptors (Lipinski definition) is 8. The van der Waals surface area contributed by atoms with Crippen molar-refractivity contribution in [2.24, 2.45) is 0 Å². The van der Waals surface area contributed by atoms with E-state index in [1.807, 2.05) is 12.1 Å². The molecular formula is C15H12N6O3. The summed E-state index contributed by atoms with van der Waals surface area (Å²) in [6.45, 7) is 0.311. The molecule has 0 spiro atoms. The number of nitriles is 1. The number of anilines is 1. The van der Waals surface area contributed by atoms with Crippen LogP contribution in [-0.2, 0) is 11.3 Å². The van der Waals surface area contributed by atoms with Crippen molar-refractivity contribution in [2.75, 3.05) is 12.4 Å². The summed E-state index contributed by atoms with van der Waals surface area (Å²) in [5.74, 6) is 0.180. The fraction of sp³-hybridized carbons (Fsp3) is 0.133. The van der Waals surface area contributed by atoms with E-state index >= 15 is 0 Å². The molecule has 0 atom stereocenters. The van der Waals surface area contributed by atoms with Crippen molar-refractivity contribution in [1.29, 1.82) is 5.26 Å². The van der Waals surface area contributed by atoms with Gasteiger partial charge in [-0.15, -0.1) is 10.2 Å². The smallest absolute Gasteiger partial charge is 0.336 e. The molecule has 0 bridgehead atoms. The molecule has 0 saturated heterocycles. The normalized spacial score (nSPS) is 11.4. The highest BCUT2D eigenvalue weighted by atomic mass is 16.5. The van der Waals surface area contributed by atoms with Gasteiger partial charge in [-0.3, -0.25) is 0 Å². The molecule has 0 unspecified atom stereocenters. The van der Waals surface area contributed by atoms with Crippen LogP contribution in [0.25, 0.3) is 16.5 Å². The number of nitrogens with zero attached hydrogens (tertiary/aromatic N) is 4. The maximum atomic E-state index is 11.6. The van der Waals surface area contributed by atoms with Crippen LogP contribution in [-0.4, -0.2) is 27.7 Å². The third-order valence-corrected chi connectivity index (χ3v) is 3.22. The van der Waals surface area contributed by atoms with Crippen LogP contribution in [0.3, 0.4) is 0 Å². The van der Waals surface area contributed by atoms with Crippen LogP contribution in [0.1, 0.15) is 11.4 Å². The summed E-state index contributed by atoms with van der Waals surface area (Å²) in [5.41, 5.74) is 1.56. The van der Waals surface area contributed by atoms with Crippen molar-refractivity contribution in [1.82, 2.24) is 20.6 Å². The number of aromatic nitrogens is 4. The van der Waals surface area contributed by atoms with Crippen molar-refractivity contribution in [3.63, 3.8) is 0 Å². The van der Waals surface area contributed by atoms with Crippen LogP contribution in [0.5, 0.6) is 0 Å². The Morgan fingerprint density at radius 2 is 2.38 bits per heavy atom. The lowest BCUT2D eigenvalue weighted by Crippen LogP contribution is -2.02.